The molecule has 1 amide bonds. The van der Waals surface area contributed by atoms with E-state index in [1.54, 1.807) is 12.3 Å². The first kappa shape index (κ1) is 15.5. The summed E-state index contributed by atoms with van der Waals surface area (Å²) in [7, 11) is 0. The van der Waals surface area contributed by atoms with Gasteiger partial charge in [-0.25, -0.2) is 4.98 Å². The number of nitrogens with two attached hydrogens (primary N) is 1. The molecule has 1 aromatic carbocycles. The van der Waals surface area contributed by atoms with Crippen molar-refractivity contribution in [2.45, 2.75) is 13.0 Å². The standard InChI is InChI=1S/C18H22N4O/c19-18(23)16-5-3-4-14(10-16)12-22-9-7-15(13-22)11-21-17-6-1-2-8-20-17/h1-6,8,10,15H,7,9,11-13H2,(H2,19,23)(H,20,21)/t15-/m0/s1. The van der Waals surface area contributed by atoms with Gasteiger partial charge in [-0.15, -0.1) is 0 Å². The largest absolute Gasteiger partial charge is 0.370 e. The Morgan fingerprint density at radius 2 is 2.22 bits per heavy atom. The lowest BCUT2D eigenvalue weighted by molar-refractivity contribution is 0.1000. The van der Waals surface area contributed by atoms with Crippen LogP contribution in [0.3, 0.4) is 0 Å². The first-order valence-corrected chi connectivity index (χ1v) is 7.97. The summed E-state index contributed by atoms with van der Waals surface area (Å²) in [4.78, 5) is 18.0. The number of nitrogens with zero attached hydrogens (tertiary/aromatic N) is 2. The number of hydrogen-bond donors (Lipinski definition) is 2. The number of aromatic nitrogens is 1. The molecule has 0 unspecified atom stereocenters. The van der Waals surface area contributed by atoms with Crippen LogP contribution in [0.1, 0.15) is 22.3 Å². The Morgan fingerprint density at radius 1 is 1.30 bits per heavy atom. The molecule has 3 rings (SSSR count). The highest BCUT2D eigenvalue weighted by Gasteiger charge is 2.22. The average molecular weight is 310 g/mol. The van der Waals surface area contributed by atoms with Gasteiger partial charge in [0, 0.05) is 31.4 Å². The zero-order valence-electron chi connectivity index (χ0n) is 13.1. The molecule has 23 heavy (non-hydrogen) atoms. The van der Waals surface area contributed by atoms with Crippen LogP contribution in [-0.2, 0) is 6.54 Å². The van der Waals surface area contributed by atoms with E-state index in [1.165, 1.54) is 6.42 Å². The Hall–Kier alpha value is -2.40. The molecule has 120 valence electrons. The van der Waals surface area contributed by atoms with Gasteiger partial charge >= 0.3 is 0 Å². The van der Waals surface area contributed by atoms with E-state index >= 15 is 0 Å². The number of hydrogen-bond acceptors (Lipinski definition) is 4. The van der Waals surface area contributed by atoms with Gasteiger partial charge in [-0.3, -0.25) is 9.69 Å². The third-order valence-corrected chi connectivity index (χ3v) is 4.22. The van der Waals surface area contributed by atoms with Gasteiger partial charge in [0.2, 0.25) is 5.91 Å². The molecule has 0 bridgehead atoms. The fraction of sp³-hybridized carbons (Fsp3) is 0.333. The van der Waals surface area contributed by atoms with Crippen molar-refractivity contribution in [3.05, 3.63) is 59.8 Å². The lowest BCUT2D eigenvalue weighted by Gasteiger charge is -2.17. The smallest absolute Gasteiger partial charge is 0.248 e. The van der Waals surface area contributed by atoms with E-state index in [0.717, 1.165) is 37.6 Å². The molecule has 1 aliphatic rings. The maximum Gasteiger partial charge on any atom is 0.248 e. The summed E-state index contributed by atoms with van der Waals surface area (Å²) in [6, 6.07) is 13.5. The number of carbonyl (C=O) groups excluding carboxylic acids is 1. The Balaban J connectivity index is 1.50. The molecule has 5 nitrogen and oxygen atoms in total. The molecule has 1 aliphatic heterocycles. The predicted molar refractivity (Wildman–Crippen MR) is 91.1 cm³/mol. The topological polar surface area (TPSA) is 71.2 Å². The van der Waals surface area contributed by atoms with Crippen LogP contribution < -0.4 is 11.1 Å². The van der Waals surface area contributed by atoms with Gasteiger partial charge in [0.05, 0.1) is 0 Å². The molecule has 1 fully saturated rings. The van der Waals surface area contributed by atoms with Crippen LogP contribution in [0, 0.1) is 5.92 Å². The zero-order chi connectivity index (χ0) is 16.1. The molecule has 0 spiro atoms. The van der Waals surface area contributed by atoms with Crippen LogP contribution in [0.5, 0.6) is 0 Å². The molecule has 2 heterocycles. The molecular weight excluding hydrogens is 288 g/mol. The van der Waals surface area contributed by atoms with Crippen molar-refractivity contribution in [2.75, 3.05) is 25.0 Å². The second-order valence-corrected chi connectivity index (χ2v) is 6.05. The van der Waals surface area contributed by atoms with Crippen LogP contribution >= 0.6 is 0 Å². The molecule has 0 aliphatic carbocycles. The van der Waals surface area contributed by atoms with Gasteiger partial charge < -0.3 is 11.1 Å². The highest BCUT2D eigenvalue weighted by Crippen LogP contribution is 2.19. The van der Waals surface area contributed by atoms with E-state index < -0.39 is 0 Å². The number of anilines is 1. The van der Waals surface area contributed by atoms with Crippen molar-refractivity contribution in [3.8, 4) is 0 Å². The van der Waals surface area contributed by atoms with Gasteiger partial charge in [-0.05, 0) is 48.7 Å². The second-order valence-electron chi connectivity index (χ2n) is 6.05. The van der Waals surface area contributed by atoms with Gasteiger partial charge in [0.1, 0.15) is 5.82 Å². The summed E-state index contributed by atoms with van der Waals surface area (Å²) in [5.74, 6) is 1.18. The van der Waals surface area contributed by atoms with Crippen LogP contribution in [0.4, 0.5) is 5.82 Å². The SMILES string of the molecule is NC(=O)c1cccc(CN2CC[C@@H](CNc3ccccn3)C2)c1. The zero-order valence-corrected chi connectivity index (χ0v) is 13.1. The van der Waals surface area contributed by atoms with E-state index in [9.17, 15) is 4.79 Å². The maximum absolute atomic E-state index is 11.3. The van der Waals surface area contributed by atoms with Crippen LogP contribution in [0.15, 0.2) is 48.7 Å². The Labute approximate surface area is 136 Å². The predicted octanol–water partition coefficient (Wildman–Crippen LogP) is 2.11. The van der Waals surface area contributed by atoms with Crippen LogP contribution in [0.2, 0.25) is 0 Å². The highest BCUT2D eigenvalue weighted by atomic mass is 16.1. The Morgan fingerprint density at radius 3 is 3.00 bits per heavy atom. The number of rotatable bonds is 6. The molecule has 0 saturated carbocycles. The monoisotopic (exact) mass is 310 g/mol. The summed E-state index contributed by atoms with van der Waals surface area (Å²) in [5.41, 5.74) is 7.06. The first-order chi connectivity index (χ1) is 11.2. The van der Waals surface area contributed by atoms with E-state index in [-0.39, 0.29) is 5.91 Å². The van der Waals surface area contributed by atoms with Gasteiger partial charge in [0.15, 0.2) is 0 Å². The summed E-state index contributed by atoms with van der Waals surface area (Å²) in [5, 5.41) is 3.40. The molecule has 2 aromatic rings. The van der Waals surface area contributed by atoms with Crippen molar-refractivity contribution >= 4 is 11.7 Å². The summed E-state index contributed by atoms with van der Waals surface area (Å²) in [6.45, 7) is 3.94. The van der Waals surface area contributed by atoms with E-state index in [2.05, 4.69) is 15.2 Å². The average Bonchev–Trinajstić information content (AvgIpc) is 3.01. The second kappa shape index (κ2) is 7.24. The van der Waals surface area contributed by atoms with Crippen LogP contribution in [0.25, 0.3) is 0 Å². The number of benzene rings is 1. The first-order valence-electron chi connectivity index (χ1n) is 7.97. The number of nitrogens with one attached hydrogen (secondary N) is 1. The molecule has 0 radical (unpaired) electrons. The third kappa shape index (κ3) is 4.29. The molecular formula is C18H22N4O. The minimum Gasteiger partial charge on any atom is -0.370 e. The number of likely N-dealkylation sites (tertiary alicyclic amines) is 1. The fourth-order valence-electron chi connectivity index (χ4n) is 3.02. The van der Waals surface area contributed by atoms with E-state index in [4.69, 9.17) is 5.73 Å². The minimum absolute atomic E-state index is 0.370. The molecule has 1 saturated heterocycles. The number of amides is 1. The van der Waals surface area contributed by atoms with Crippen molar-refractivity contribution in [2.24, 2.45) is 11.7 Å². The van der Waals surface area contributed by atoms with E-state index in [1.807, 2.05) is 36.4 Å². The normalized spacial score (nSPS) is 18.0. The lowest BCUT2D eigenvalue weighted by atomic mass is 10.1. The van der Waals surface area contributed by atoms with Gasteiger partial charge in [-0.2, -0.15) is 0 Å². The molecule has 1 atom stereocenters. The van der Waals surface area contributed by atoms with Crippen molar-refractivity contribution < 1.29 is 4.79 Å². The number of primary amides is 1. The van der Waals surface area contributed by atoms with E-state index in [0.29, 0.717) is 11.5 Å². The number of pyridine rings is 1. The lowest BCUT2D eigenvalue weighted by Crippen LogP contribution is -2.23. The molecule has 3 N–H and O–H groups in total. The Kier molecular flexibility index (Phi) is 4.88. The van der Waals surface area contributed by atoms with Crippen molar-refractivity contribution in [1.82, 2.24) is 9.88 Å². The minimum atomic E-state index is -0.370. The van der Waals surface area contributed by atoms with Gasteiger partial charge in [0.25, 0.3) is 0 Å². The van der Waals surface area contributed by atoms with Gasteiger partial charge in [-0.1, -0.05) is 18.2 Å². The quantitative estimate of drug-likeness (QED) is 0.857. The van der Waals surface area contributed by atoms with Crippen LogP contribution in [-0.4, -0.2) is 35.4 Å². The van der Waals surface area contributed by atoms with Crippen molar-refractivity contribution in [3.63, 3.8) is 0 Å². The maximum atomic E-state index is 11.3. The summed E-state index contributed by atoms with van der Waals surface area (Å²) < 4.78 is 0. The molecule has 5 heteroatoms. The summed E-state index contributed by atoms with van der Waals surface area (Å²) >= 11 is 0. The third-order valence-electron chi connectivity index (χ3n) is 4.22. The molecule has 1 aromatic heterocycles. The summed E-state index contributed by atoms with van der Waals surface area (Å²) in [6.07, 6.45) is 2.98. The highest BCUT2D eigenvalue weighted by molar-refractivity contribution is 5.92. The number of carbonyl (C=O) groups is 1. The Bertz CT molecular complexity index is 659. The fourth-order valence-corrected chi connectivity index (χ4v) is 3.02. The van der Waals surface area contributed by atoms with Crippen molar-refractivity contribution in [1.29, 1.82) is 0 Å².